The molecule has 1 heterocycles. The summed E-state index contributed by atoms with van der Waals surface area (Å²) in [5, 5.41) is 8.57. The maximum absolute atomic E-state index is 13.2. The Morgan fingerprint density at radius 1 is 1.50 bits per heavy atom. The molecule has 1 aromatic carbocycles. The number of rotatable bonds is 4. The van der Waals surface area contributed by atoms with Crippen LogP contribution in [0, 0.1) is 17.1 Å². The molecule has 1 N–H and O–H groups in total. The van der Waals surface area contributed by atoms with Crippen LogP contribution in [0.25, 0.3) is 0 Å². The predicted molar refractivity (Wildman–Crippen MR) is 69.8 cm³/mol. The first-order valence-electron chi connectivity index (χ1n) is 5.70. The lowest BCUT2D eigenvalue weighted by molar-refractivity contribution is 0.597. The van der Waals surface area contributed by atoms with Crippen LogP contribution in [0.2, 0.25) is 0 Å². The number of aromatic nitrogens is 2. The molecule has 0 saturated carbocycles. The van der Waals surface area contributed by atoms with E-state index in [1.165, 1.54) is 18.6 Å². The standard InChI is InChI=1S/C12H11FN4O2S/c1-2-17-7-12(15-8-17)20(18,19)16-10-3-4-11(13)9(5-10)6-14/h3-5,7-8,16H,2H2,1H3. The van der Waals surface area contributed by atoms with Crippen LogP contribution in [0.1, 0.15) is 12.5 Å². The maximum atomic E-state index is 13.2. The van der Waals surface area contributed by atoms with E-state index >= 15 is 0 Å². The third-order valence-corrected chi connectivity index (χ3v) is 3.85. The van der Waals surface area contributed by atoms with E-state index in [4.69, 9.17) is 5.26 Å². The smallest absolute Gasteiger partial charge is 0.280 e. The summed E-state index contributed by atoms with van der Waals surface area (Å²) < 4.78 is 41.1. The van der Waals surface area contributed by atoms with Gasteiger partial charge in [-0.2, -0.15) is 13.7 Å². The summed E-state index contributed by atoms with van der Waals surface area (Å²) >= 11 is 0. The van der Waals surface area contributed by atoms with Crippen molar-refractivity contribution in [2.75, 3.05) is 4.72 Å². The molecule has 2 rings (SSSR count). The topological polar surface area (TPSA) is 87.8 Å². The van der Waals surface area contributed by atoms with E-state index in [0.29, 0.717) is 6.54 Å². The molecule has 6 nitrogen and oxygen atoms in total. The monoisotopic (exact) mass is 294 g/mol. The van der Waals surface area contributed by atoms with Crippen molar-refractivity contribution in [3.8, 4) is 6.07 Å². The highest BCUT2D eigenvalue weighted by Gasteiger charge is 2.18. The van der Waals surface area contributed by atoms with Crippen molar-refractivity contribution in [2.45, 2.75) is 18.5 Å². The van der Waals surface area contributed by atoms with E-state index in [1.807, 2.05) is 6.92 Å². The molecule has 20 heavy (non-hydrogen) atoms. The Morgan fingerprint density at radius 3 is 2.85 bits per heavy atom. The lowest BCUT2D eigenvalue weighted by Gasteiger charge is -2.06. The first-order valence-corrected chi connectivity index (χ1v) is 7.19. The van der Waals surface area contributed by atoms with Gasteiger partial charge in [-0.1, -0.05) is 0 Å². The van der Waals surface area contributed by atoms with Gasteiger partial charge in [0, 0.05) is 12.7 Å². The number of hydrogen-bond acceptors (Lipinski definition) is 4. The number of nitrogens with zero attached hydrogens (tertiary/aromatic N) is 3. The summed E-state index contributed by atoms with van der Waals surface area (Å²) in [6.07, 6.45) is 2.79. The van der Waals surface area contributed by atoms with Crippen LogP contribution in [0.15, 0.2) is 35.7 Å². The van der Waals surface area contributed by atoms with Crippen molar-refractivity contribution in [2.24, 2.45) is 0 Å². The van der Waals surface area contributed by atoms with Gasteiger partial charge in [0.15, 0.2) is 5.03 Å². The van der Waals surface area contributed by atoms with Gasteiger partial charge in [-0.25, -0.2) is 9.37 Å². The molecule has 104 valence electrons. The fraction of sp³-hybridized carbons (Fsp3) is 0.167. The molecule has 0 amide bonds. The minimum atomic E-state index is -3.85. The normalized spacial score (nSPS) is 11.1. The Bertz CT molecular complexity index is 777. The Kier molecular flexibility index (Phi) is 3.72. The third-order valence-electron chi connectivity index (χ3n) is 2.59. The highest BCUT2D eigenvalue weighted by atomic mass is 32.2. The SMILES string of the molecule is CCn1cnc(S(=O)(=O)Nc2ccc(F)c(C#N)c2)c1. The molecule has 0 atom stereocenters. The number of nitrogens with one attached hydrogen (secondary N) is 1. The lowest BCUT2D eigenvalue weighted by atomic mass is 10.2. The number of hydrogen-bond donors (Lipinski definition) is 1. The minimum absolute atomic E-state index is 0.106. The molecule has 8 heteroatoms. The summed E-state index contributed by atoms with van der Waals surface area (Å²) in [5.74, 6) is -0.703. The molecule has 0 aliphatic heterocycles. The van der Waals surface area contributed by atoms with Crippen molar-refractivity contribution in [1.82, 2.24) is 9.55 Å². The van der Waals surface area contributed by atoms with Gasteiger partial charge in [0.1, 0.15) is 11.9 Å². The quantitative estimate of drug-likeness (QED) is 0.930. The second kappa shape index (κ2) is 5.30. The number of sulfonamides is 1. The van der Waals surface area contributed by atoms with Crippen LogP contribution >= 0.6 is 0 Å². The zero-order valence-electron chi connectivity index (χ0n) is 10.5. The van der Waals surface area contributed by atoms with Gasteiger partial charge < -0.3 is 4.57 Å². The maximum Gasteiger partial charge on any atom is 0.280 e. The fourth-order valence-corrected chi connectivity index (χ4v) is 2.54. The number of nitriles is 1. The van der Waals surface area contributed by atoms with Crippen molar-refractivity contribution >= 4 is 15.7 Å². The van der Waals surface area contributed by atoms with Crippen molar-refractivity contribution < 1.29 is 12.8 Å². The zero-order chi connectivity index (χ0) is 14.8. The van der Waals surface area contributed by atoms with Crippen molar-refractivity contribution in [1.29, 1.82) is 5.26 Å². The average molecular weight is 294 g/mol. The average Bonchev–Trinajstić information content (AvgIpc) is 2.90. The van der Waals surface area contributed by atoms with E-state index in [-0.39, 0.29) is 16.3 Å². The first-order chi connectivity index (χ1) is 9.46. The van der Waals surface area contributed by atoms with E-state index in [1.54, 1.807) is 10.6 Å². The van der Waals surface area contributed by atoms with Gasteiger partial charge in [0.25, 0.3) is 10.0 Å². The van der Waals surface area contributed by atoms with Crippen LogP contribution in [0.5, 0.6) is 0 Å². The Hall–Kier alpha value is -2.40. The molecule has 1 aromatic heterocycles. The van der Waals surface area contributed by atoms with Gasteiger partial charge in [0.2, 0.25) is 0 Å². The Balaban J connectivity index is 2.31. The van der Waals surface area contributed by atoms with E-state index in [0.717, 1.165) is 12.1 Å². The van der Waals surface area contributed by atoms with Crippen molar-refractivity contribution in [3.05, 3.63) is 42.1 Å². The van der Waals surface area contributed by atoms with E-state index in [9.17, 15) is 12.8 Å². The van der Waals surface area contributed by atoms with Gasteiger partial charge >= 0.3 is 0 Å². The van der Waals surface area contributed by atoms with Crippen molar-refractivity contribution in [3.63, 3.8) is 0 Å². The molecule has 0 aliphatic rings. The number of halogens is 1. The Labute approximate surface area is 115 Å². The molecule has 2 aromatic rings. The summed E-state index contributed by atoms with van der Waals surface area (Å²) in [7, 11) is -3.85. The van der Waals surface area contributed by atoms with Crippen LogP contribution in [-0.2, 0) is 16.6 Å². The second-order valence-electron chi connectivity index (χ2n) is 3.95. The number of anilines is 1. The molecular formula is C12H11FN4O2S. The number of benzene rings is 1. The highest BCUT2D eigenvalue weighted by molar-refractivity contribution is 7.92. The fourth-order valence-electron chi connectivity index (χ4n) is 1.53. The minimum Gasteiger partial charge on any atom is -0.336 e. The van der Waals surface area contributed by atoms with Gasteiger partial charge in [-0.05, 0) is 25.1 Å². The summed E-state index contributed by atoms with van der Waals surface area (Å²) in [6.45, 7) is 2.45. The highest BCUT2D eigenvalue weighted by Crippen LogP contribution is 2.17. The zero-order valence-corrected chi connectivity index (χ0v) is 11.4. The molecule has 0 bridgehead atoms. The number of aryl methyl sites for hydroxylation is 1. The van der Waals surface area contributed by atoms with Crippen LogP contribution in [0.3, 0.4) is 0 Å². The summed E-state index contributed by atoms with van der Waals surface area (Å²) in [5.41, 5.74) is -0.127. The lowest BCUT2D eigenvalue weighted by Crippen LogP contribution is -2.13. The van der Waals surface area contributed by atoms with Gasteiger partial charge in [-0.15, -0.1) is 0 Å². The van der Waals surface area contributed by atoms with Gasteiger partial charge in [0.05, 0.1) is 17.6 Å². The third kappa shape index (κ3) is 2.78. The molecular weight excluding hydrogens is 283 g/mol. The molecule has 0 aliphatic carbocycles. The largest absolute Gasteiger partial charge is 0.336 e. The molecule has 0 unspecified atom stereocenters. The van der Waals surface area contributed by atoms with E-state index in [2.05, 4.69) is 9.71 Å². The first kappa shape index (κ1) is 14.0. The summed E-state index contributed by atoms with van der Waals surface area (Å²) in [6, 6.07) is 5.04. The molecule has 0 fully saturated rings. The molecule has 0 saturated heterocycles. The molecule has 0 spiro atoms. The van der Waals surface area contributed by atoms with Crippen LogP contribution in [-0.4, -0.2) is 18.0 Å². The van der Waals surface area contributed by atoms with E-state index < -0.39 is 15.8 Å². The predicted octanol–water partition coefficient (Wildman–Crippen LogP) is 1.71. The number of imidazole rings is 1. The van der Waals surface area contributed by atoms with Crippen LogP contribution < -0.4 is 4.72 Å². The van der Waals surface area contributed by atoms with Gasteiger partial charge in [-0.3, -0.25) is 4.72 Å². The van der Waals surface area contributed by atoms with Crippen LogP contribution in [0.4, 0.5) is 10.1 Å². The molecule has 0 radical (unpaired) electrons. The second-order valence-corrected chi connectivity index (χ2v) is 5.58. The summed E-state index contributed by atoms with van der Waals surface area (Å²) in [4.78, 5) is 3.79. The Morgan fingerprint density at radius 2 is 2.25 bits per heavy atom.